The molecule has 3 saturated heterocycles. The first kappa shape index (κ1) is 24.4. The molecule has 0 amide bonds. The number of Topliss-reactive ketones (excluding diaryl/α,β-unsaturated/α-hetero) is 1. The molecule has 0 radical (unpaired) electrons. The van der Waals surface area contributed by atoms with Gasteiger partial charge in [-0.1, -0.05) is 39.3 Å². The minimum atomic E-state index is -0.622. The van der Waals surface area contributed by atoms with E-state index >= 15 is 0 Å². The highest BCUT2D eigenvalue weighted by molar-refractivity contribution is 5.99. The third-order valence-corrected chi connectivity index (χ3v) is 11.5. The Morgan fingerprint density at radius 1 is 1.19 bits per heavy atom. The molecular formula is C30H41NO5. The molecule has 6 rings (SSSR count). The summed E-state index contributed by atoms with van der Waals surface area (Å²) in [6.45, 7) is 11.9. The monoisotopic (exact) mass is 495 g/mol. The average molecular weight is 496 g/mol. The number of methoxy groups -OCH3 is 1. The van der Waals surface area contributed by atoms with E-state index in [2.05, 4.69) is 38.7 Å². The summed E-state index contributed by atoms with van der Waals surface area (Å²) in [6.07, 6.45) is 9.51. The Morgan fingerprint density at radius 2 is 1.94 bits per heavy atom. The topological polar surface area (TPSA) is 72.9 Å². The number of carbonyl (C=O) groups is 3. The van der Waals surface area contributed by atoms with E-state index in [9.17, 15) is 14.4 Å². The van der Waals surface area contributed by atoms with Crippen molar-refractivity contribution in [3.05, 3.63) is 23.4 Å². The van der Waals surface area contributed by atoms with E-state index in [0.29, 0.717) is 5.92 Å². The number of hydrogen-bond donors (Lipinski definition) is 0. The van der Waals surface area contributed by atoms with Crippen LogP contribution in [0.2, 0.25) is 0 Å². The van der Waals surface area contributed by atoms with Crippen molar-refractivity contribution in [3.63, 3.8) is 0 Å². The van der Waals surface area contributed by atoms with Crippen LogP contribution in [-0.4, -0.2) is 47.9 Å². The summed E-state index contributed by atoms with van der Waals surface area (Å²) < 4.78 is 11.9. The van der Waals surface area contributed by atoms with E-state index in [-0.39, 0.29) is 65.4 Å². The molecular weight excluding hydrogens is 454 g/mol. The van der Waals surface area contributed by atoms with Crippen molar-refractivity contribution >= 4 is 17.5 Å². The normalized spacial score (nSPS) is 49.3. The van der Waals surface area contributed by atoms with E-state index in [4.69, 9.17) is 9.47 Å². The number of nitrogens with zero attached hydrogens (tertiary/aromatic N) is 1. The highest BCUT2D eigenvalue weighted by Crippen LogP contribution is 2.71. The quantitative estimate of drug-likeness (QED) is 0.511. The number of ether oxygens (including phenoxy) is 2. The maximum Gasteiger partial charge on any atom is 0.306 e. The second kappa shape index (κ2) is 7.55. The number of hydrogen-bond acceptors (Lipinski definition) is 6. The van der Waals surface area contributed by atoms with Crippen LogP contribution in [0.25, 0.3) is 0 Å². The molecule has 9 atom stereocenters. The van der Waals surface area contributed by atoms with Crippen molar-refractivity contribution in [1.29, 1.82) is 0 Å². The van der Waals surface area contributed by atoms with Crippen LogP contribution in [0, 0.1) is 39.9 Å². The van der Waals surface area contributed by atoms with Crippen LogP contribution < -0.4 is 0 Å². The summed E-state index contributed by atoms with van der Waals surface area (Å²) in [5, 5.41) is 0. The number of rotatable bonds is 2. The van der Waals surface area contributed by atoms with E-state index < -0.39 is 10.8 Å². The minimum absolute atomic E-state index is 0.0476. The zero-order valence-electron chi connectivity index (χ0n) is 22.7. The van der Waals surface area contributed by atoms with Crippen molar-refractivity contribution < 1.29 is 23.9 Å². The van der Waals surface area contributed by atoms with Gasteiger partial charge in [0, 0.05) is 41.3 Å². The maximum absolute atomic E-state index is 14.1. The molecule has 0 aromatic carbocycles. The smallest absolute Gasteiger partial charge is 0.306 e. The molecule has 0 aromatic rings. The Bertz CT molecular complexity index is 1110. The summed E-state index contributed by atoms with van der Waals surface area (Å²) in [5.74, 6) is -0.00613. The standard InChI is InChI=1S/C30H41NO5/c1-17-10-21-20(22(32)11-17)12-23(33)26-27(21,3)14-24-28(4,29(26,5)15-25(34)35-6)7-8-30-13-18(2)9-19(36-30)16-31(24)30/h11,14,18-21,26H,7-10,12-13,15-16H2,1-6H3/t18-,19+,20-,21+,26-,27-,28+,29-,30-/m0/s1. The molecule has 6 heteroatoms. The third kappa shape index (κ3) is 2.97. The van der Waals surface area contributed by atoms with Gasteiger partial charge < -0.3 is 14.4 Å². The van der Waals surface area contributed by atoms with Crippen molar-refractivity contribution in [3.8, 4) is 0 Å². The number of ketones is 2. The lowest BCUT2D eigenvalue weighted by Crippen LogP contribution is -2.67. The highest BCUT2D eigenvalue weighted by atomic mass is 16.5. The summed E-state index contributed by atoms with van der Waals surface area (Å²) >= 11 is 0. The molecule has 196 valence electrons. The summed E-state index contributed by atoms with van der Waals surface area (Å²) in [4.78, 5) is 42.7. The Balaban J connectivity index is 1.57. The van der Waals surface area contributed by atoms with Crippen LogP contribution in [0.5, 0.6) is 0 Å². The third-order valence-electron chi connectivity index (χ3n) is 11.5. The summed E-state index contributed by atoms with van der Waals surface area (Å²) in [7, 11) is 1.44. The SMILES string of the molecule is COC(=O)C[C@@]1(C)[C@H]2C(=O)C[C@@H]3C(=O)C=C(C)C[C@H]3[C@]2(C)C=C2N3C[C@H]4C[C@H](C)C[C@]3(CC[C@]21C)O4. The van der Waals surface area contributed by atoms with Crippen LogP contribution in [0.15, 0.2) is 23.4 Å². The van der Waals surface area contributed by atoms with Gasteiger partial charge in [0.25, 0.3) is 0 Å². The lowest BCUT2D eigenvalue weighted by Gasteiger charge is -2.67. The van der Waals surface area contributed by atoms with E-state index in [1.165, 1.54) is 12.8 Å². The van der Waals surface area contributed by atoms with Gasteiger partial charge in [-0.25, -0.2) is 0 Å². The average Bonchev–Trinajstić information content (AvgIpc) is 3.06. The first-order chi connectivity index (χ1) is 16.9. The molecule has 4 fully saturated rings. The molecule has 6 aliphatic rings. The molecule has 36 heavy (non-hydrogen) atoms. The molecule has 3 aliphatic heterocycles. The molecule has 6 nitrogen and oxygen atoms in total. The number of carbonyl (C=O) groups excluding carboxylic acids is 3. The Labute approximate surface area is 214 Å². The predicted molar refractivity (Wildman–Crippen MR) is 134 cm³/mol. The van der Waals surface area contributed by atoms with E-state index in [1.54, 1.807) is 6.08 Å². The molecule has 1 spiro atoms. The number of fused-ring (bicyclic) bond motifs is 6. The van der Waals surface area contributed by atoms with E-state index in [0.717, 1.165) is 44.2 Å². The van der Waals surface area contributed by atoms with Crippen molar-refractivity contribution in [1.82, 2.24) is 4.90 Å². The first-order valence-corrected chi connectivity index (χ1v) is 13.9. The van der Waals surface area contributed by atoms with Crippen LogP contribution >= 0.6 is 0 Å². The molecule has 0 N–H and O–H groups in total. The zero-order valence-corrected chi connectivity index (χ0v) is 22.7. The van der Waals surface area contributed by atoms with Crippen LogP contribution in [0.1, 0.15) is 79.6 Å². The fourth-order valence-corrected chi connectivity index (χ4v) is 9.84. The summed E-state index contributed by atoms with van der Waals surface area (Å²) in [5.41, 5.74) is 0.522. The van der Waals surface area contributed by atoms with Crippen LogP contribution in [-0.2, 0) is 23.9 Å². The van der Waals surface area contributed by atoms with Gasteiger partial charge in [0.1, 0.15) is 11.5 Å². The largest absolute Gasteiger partial charge is 0.469 e. The Kier molecular flexibility index (Phi) is 5.12. The maximum atomic E-state index is 14.1. The predicted octanol–water partition coefficient (Wildman–Crippen LogP) is 4.83. The second-order valence-corrected chi connectivity index (χ2v) is 13.7. The molecule has 3 heterocycles. The molecule has 3 aliphatic carbocycles. The molecule has 2 bridgehead atoms. The second-order valence-electron chi connectivity index (χ2n) is 13.7. The van der Waals surface area contributed by atoms with Gasteiger partial charge in [0.15, 0.2) is 5.78 Å². The molecule has 0 aromatic heterocycles. The lowest BCUT2D eigenvalue weighted by molar-refractivity contribution is -0.198. The fraction of sp³-hybridized carbons (Fsp3) is 0.767. The first-order valence-electron chi connectivity index (χ1n) is 13.9. The Hall–Kier alpha value is -1.95. The number of allylic oxidation sites excluding steroid dienone is 4. The van der Waals surface area contributed by atoms with Gasteiger partial charge in [0.05, 0.1) is 19.6 Å². The van der Waals surface area contributed by atoms with Crippen molar-refractivity contribution in [2.75, 3.05) is 13.7 Å². The van der Waals surface area contributed by atoms with Crippen molar-refractivity contribution in [2.24, 2.45) is 39.9 Å². The van der Waals surface area contributed by atoms with Gasteiger partial charge in [-0.05, 0) is 62.4 Å². The van der Waals surface area contributed by atoms with Gasteiger partial charge in [-0.3, -0.25) is 14.4 Å². The fourth-order valence-electron chi connectivity index (χ4n) is 9.84. The highest BCUT2D eigenvalue weighted by Gasteiger charge is 2.71. The van der Waals surface area contributed by atoms with Gasteiger partial charge in [-0.2, -0.15) is 0 Å². The lowest BCUT2D eigenvalue weighted by atomic mass is 9.38. The Morgan fingerprint density at radius 3 is 2.67 bits per heavy atom. The number of esters is 1. The van der Waals surface area contributed by atoms with Gasteiger partial charge >= 0.3 is 5.97 Å². The van der Waals surface area contributed by atoms with Crippen molar-refractivity contribution in [2.45, 2.75) is 91.4 Å². The molecule has 0 unspecified atom stereocenters. The zero-order chi connectivity index (χ0) is 25.8. The van der Waals surface area contributed by atoms with E-state index in [1.807, 2.05) is 6.92 Å². The van der Waals surface area contributed by atoms with Crippen LogP contribution in [0.3, 0.4) is 0 Å². The van der Waals surface area contributed by atoms with Crippen LogP contribution in [0.4, 0.5) is 0 Å². The number of piperidine rings is 1. The van der Waals surface area contributed by atoms with Gasteiger partial charge in [0.2, 0.25) is 0 Å². The van der Waals surface area contributed by atoms with Gasteiger partial charge in [-0.15, -0.1) is 0 Å². The summed E-state index contributed by atoms with van der Waals surface area (Å²) in [6, 6.07) is 0. The minimum Gasteiger partial charge on any atom is -0.469 e. The molecule has 1 saturated carbocycles.